The third-order valence-electron chi connectivity index (χ3n) is 2.65. The molecule has 2 aromatic carbocycles. The van der Waals surface area contributed by atoms with E-state index in [4.69, 9.17) is 11.6 Å². The molecule has 0 bridgehead atoms. The summed E-state index contributed by atoms with van der Waals surface area (Å²) in [5.41, 5.74) is 1.15. The molecule has 2 aromatic rings. The third kappa shape index (κ3) is 3.09. The van der Waals surface area contributed by atoms with Gasteiger partial charge in [-0.1, -0.05) is 34.1 Å². The van der Waals surface area contributed by atoms with Crippen molar-refractivity contribution < 1.29 is 8.78 Å². The van der Waals surface area contributed by atoms with Gasteiger partial charge in [0.05, 0.1) is 5.38 Å². The van der Waals surface area contributed by atoms with E-state index in [9.17, 15) is 8.78 Å². The molecule has 0 fully saturated rings. The van der Waals surface area contributed by atoms with Crippen molar-refractivity contribution in [3.05, 3.63) is 69.7 Å². The van der Waals surface area contributed by atoms with Gasteiger partial charge in [0.25, 0.3) is 0 Å². The lowest BCUT2D eigenvalue weighted by Crippen LogP contribution is -2.00. The zero-order valence-electron chi connectivity index (χ0n) is 9.34. The van der Waals surface area contributed by atoms with Gasteiger partial charge in [0.1, 0.15) is 11.6 Å². The monoisotopic (exact) mass is 330 g/mol. The quantitative estimate of drug-likeness (QED) is 0.674. The van der Waals surface area contributed by atoms with Crippen molar-refractivity contribution in [2.45, 2.75) is 11.8 Å². The number of hydrogen-bond donors (Lipinski definition) is 0. The van der Waals surface area contributed by atoms with Crippen LogP contribution in [0.25, 0.3) is 0 Å². The minimum absolute atomic E-state index is 0.296. The van der Waals surface area contributed by atoms with Crippen LogP contribution in [0.3, 0.4) is 0 Å². The Balaban J connectivity index is 2.25. The smallest absolute Gasteiger partial charge is 0.126 e. The van der Waals surface area contributed by atoms with Gasteiger partial charge in [0.2, 0.25) is 0 Å². The third-order valence-corrected chi connectivity index (χ3v) is 3.76. The van der Waals surface area contributed by atoms with Crippen molar-refractivity contribution in [2.24, 2.45) is 0 Å². The first-order valence-corrected chi connectivity index (χ1v) is 6.63. The summed E-state index contributed by atoms with van der Waals surface area (Å²) in [5, 5.41) is -0.480. The average Bonchev–Trinajstić information content (AvgIpc) is 2.35. The number of alkyl halides is 1. The first kappa shape index (κ1) is 13.5. The molecule has 0 aromatic heterocycles. The molecule has 0 nitrogen and oxygen atoms in total. The number of benzene rings is 2. The molecule has 1 unspecified atom stereocenters. The molecule has 1 atom stereocenters. The van der Waals surface area contributed by atoms with Crippen LogP contribution in [-0.2, 0) is 6.42 Å². The number of halogens is 4. The fourth-order valence-corrected chi connectivity index (χ4v) is 2.72. The summed E-state index contributed by atoms with van der Waals surface area (Å²) in [6, 6.07) is 10.8. The van der Waals surface area contributed by atoms with Crippen LogP contribution < -0.4 is 0 Å². The summed E-state index contributed by atoms with van der Waals surface area (Å²) in [5.74, 6) is -0.650. The van der Waals surface area contributed by atoms with Crippen LogP contribution in [0.5, 0.6) is 0 Å². The molecule has 2 rings (SSSR count). The van der Waals surface area contributed by atoms with Crippen molar-refractivity contribution in [1.29, 1.82) is 0 Å². The van der Waals surface area contributed by atoms with Crippen LogP contribution in [0.1, 0.15) is 16.5 Å². The van der Waals surface area contributed by atoms with E-state index >= 15 is 0 Å². The van der Waals surface area contributed by atoms with Crippen molar-refractivity contribution >= 4 is 27.5 Å². The lowest BCUT2D eigenvalue weighted by molar-refractivity contribution is 0.605. The Morgan fingerprint density at radius 1 is 1.11 bits per heavy atom. The standard InChI is InChI=1S/C14H10BrClF2/c15-12-6-5-10(17)8-11(12)13(16)7-9-3-1-2-4-14(9)18/h1-6,8,13H,7H2. The Labute approximate surface area is 118 Å². The highest BCUT2D eigenvalue weighted by Gasteiger charge is 2.15. The molecule has 94 valence electrons. The van der Waals surface area contributed by atoms with Crippen LogP contribution in [0.2, 0.25) is 0 Å². The summed E-state index contributed by atoms with van der Waals surface area (Å²) < 4.78 is 27.4. The molecule has 0 amide bonds. The van der Waals surface area contributed by atoms with E-state index in [-0.39, 0.29) is 11.6 Å². The molecule has 0 saturated carbocycles. The second-order valence-electron chi connectivity index (χ2n) is 3.93. The highest BCUT2D eigenvalue weighted by Crippen LogP contribution is 2.32. The van der Waals surface area contributed by atoms with Crippen molar-refractivity contribution in [3.63, 3.8) is 0 Å². The van der Waals surface area contributed by atoms with E-state index in [0.717, 1.165) is 4.47 Å². The molecule has 0 spiro atoms. The van der Waals surface area contributed by atoms with Gasteiger partial charge in [-0.05, 0) is 41.8 Å². The van der Waals surface area contributed by atoms with Crippen LogP contribution in [-0.4, -0.2) is 0 Å². The van der Waals surface area contributed by atoms with Gasteiger partial charge < -0.3 is 0 Å². The Bertz CT molecular complexity index is 557. The van der Waals surface area contributed by atoms with Crippen LogP contribution >= 0.6 is 27.5 Å². The first-order chi connectivity index (χ1) is 8.58. The van der Waals surface area contributed by atoms with Crippen LogP contribution in [0.4, 0.5) is 8.78 Å². The van der Waals surface area contributed by atoms with Gasteiger partial charge in [-0.2, -0.15) is 0 Å². The molecule has 0 radical (unpaired) electrons. The fourth-order valence-electron chi connectivity index (χ4n) is 1.72. The molecule has 0 aliphatic rings. The van der Waals surface area contributed by atoms with Crippen LogP contribution in [0.15, 0.2) is 46.9 Å². The Kier molecular flexibility index (Phi) is 4.36. The molecule has 0 aliphatic carbocycles. The minimum Gasteiger partial charge on any atom is -0.207 e. The summed E-state index contributed by atoms with van der Waals surface area (Å²) in [7, 11) is 0. The SMILES string of the molecule is Fc1ccc(Br)c(C(Cl)Cc2ccccc2F)c1. The van der Waals surface area contributed by atoms with Crippen molar-refractivity contribution in [1.82, 2.24) is 0 Å². The van der Waals surface area contributed by atoms with Gasteiger partial charge in [0, 0.05) is 4.47 Å². The second-order valence-corrected chi connectivity index (χ2v) is 5.31. The van der Waals surface area contributed by atoms with E-state index in [1.165, 1.54) is 18.2 Å². The number of hydrogen-bond acceptors (Lipinski definition) is 0. The normalized spacial score (nSPS) is 12.4. The topological polar surface area (TPSA) is 0 Å². The lowest BCUT2D eigenvalue weighted by Gasteiger charge is -2.12. The van der Waals surface area contributed by atoms with Gasteiger partial charge in [-0.25, -0.2) is 8.78 Å². The number of rotatable bonds is 3. The maximum Gasteiger partial charge on any atom is 0.126 e. The largest absolute Gasteiger partial charge is 0.207 e. The summed E-state index contributed by atoms with van der Waals surface area (Å²) >= 11 is 9.54. The van der Waals surface area contributed by atoms with E-state index in [0.29, 0.717) is 17.5 Å². The Hall–Kier alpha value is -0.930. The highest BCUT2D eigenvalue weighted by atomic mass is 79.9. The predicted molar refractivity (Wildman–Crippen MR) is 72.8 cm³/mol. The Morgan fingerprint density at radius 3 is 2.56 bits per heavy atom. The predicted octanol–water partition coefficient (Wildman–Crippen LogP) is 5.25. The summed E-state index contributed by atoms with van der Waals surface area (Å²) in [4.78, 5) is 0. The molecule has 0 aliphatic heterocycles. The van der Waals surface area contributed by atoms with Gasteiger partial charge in [0.15, 0.2) is 0 Å². The molecule has 0 N–H and O–H groups in total. The maximum absolute atomic E-state index is 13.5. The van der Waals surface area contributed by atoms with Gasteiger partial charge in [-0.15, -0.1) is 11.6 Å². The zero-order chi connectivity index (χ0) is 13.1. The van der Waals surface area contributed by atoms with E-state index < -0.39 is 5.38 Å². The zero-order valence-corrected chi connectivity index (χ0v) is 11.7. The van der Waals surface area contributed by atoms with Crippen molar-refractivity contribution in [2.75, 3.05) is 0 Å². The van der Waals surface area contributed by atoms with E-state index in [2.05, 4.69) is 15.9 Å². The van der Waals surface area contributed by atoms with E-state index in [1.807, 2.05) is 0 Å². The Morgan fingerprint density at radius 2 is 1.83 bits per heavy atom. The average molecular weight is 332 g/mol. The summed E-state index contributed by atoms with van der Waals surface area (Å²) in [6.07, 6.45) is 0.316. The molecule has 4 heteroatoms. The van der Waals surface area contributed by atoms with Gasteiger partial charge >= 0.3 is 0 Å². The summed E-state index contributed by atoms with van der Waals surface area (Å²) in [6.45, 7) is 0. The minimum atomic E-state index is -0.480. The molecule has 0 saturated heterocycles. The van der Waals surface area contributed by atoms with Crippen molar-refractivity contribution in [3.8, 4) is 0 Å². The molecular weight excluding hydrogens is 322 g/mol. The molecule has 18 heavy (non-hydrogen) atoms. The lowest BCUT2D eigenvalue weighted by atomic mass is 10.0. The maximum atomic E-state index is 13.5. The van der Waals surface area contributed by atoms with Gasteiger partial charge in [-0.3, -0.25) is 0 Å². The first-order valence-electron chi connectivity index (χ1n) is 5.40. The van der Waals surface area contributed by atoms with E-state index in [1.54, 1.807) is 24.3 Å². The van der Waals surface area contributed by atoms with Crippen LogP contribution in [0, 0.1) is 11.6 Å². The molecule has 0 heterocycles. The molecular formula is C14H10BrClF2. The second kappa shape index (κ2) is 5.81. The fraction of sp³-hybridized carbons (Fsp3) is 0.143. The highest BCUT2D eigenvalue weighted by molar-refractivity contribution is 9.10.